The standard InChI is InChI=1S/C21H22N2O2/c1-24-19-13-8-11-17(21(19)25-2)15-23-20(16-9-4-3-5-10-16)18-12-6-7-14-22-18/h3-14,20,23H,15H2,1-2H3/t20-/m0/s1. The van der Waals surface area contributed by atoms with E-state index in [1.54, 1.807) is 14.2 Å². The zero-order valence-corrected chi connectivity index (χ0v) is 14.5. The number of benzene rings is 2. The summed E-state index contributed by atoms with van der Waals surface area (Å²) >= 11 is 0. The number of hydrogen-bond donors (Lipinski definition) is 1. The quantitative estimate of drug-likeness (QED) is 0.710. The molecule has 2 aromatic carbocycles. The maximum Gasteiger partial charge on any atom is 0.165 e. The minimum atomic E-state index is -0.00157. The van der Waals surface area contributed by atoms with Gasteiger partial charge in [-0.25, -0.2) is 0 Å². The maximum absolute atomic E-state index is 5.53. The molecule has 1 atom stereocenters. The van der Waals surface area contributed by atoms with E-state index < -0.39 is 0 Å². The SMILES string of the molecule is COc1cccc(CN[C@@H](c2ccccc2)c2ccccn2)c1OC. The van der Waals surface area contributed by atoms with E-state index in [0.29, 0.717) is 6.54 Å². The zero-order valence-electron chi connectivity index (χ0n) is 14.5. The van der Waals surface area contributed by atoms with Crippen molar-refractivity contribution in [3.8, 4) is 11.5 Å². The first kappa shape index (κ1) is 17.0. The average Bonchev–Trinajstić information content (AvgIpc) is 2.69. The molecule has 0 amide bonds. The van der Waals surface area contributed by atoms with Gasteiger partial charge in [0.2, 0.25) is 0 Å². The van der Waals surface area contributed by atoms with Gasteiger partial charge >= 0.3 is 0 Å². The van der Waals surface area contributed by atoms with Crippen molar-refractivity contribution >= 4 is 0 Å². The van der Waals surface area contributed by atoms with Gasteiger partial charge in [0.25, 0.3) is 0 Å². The Hall–Kier alpha value is -2.85. The van der Waals surface area contributed by atoms with Crippen molar-refractivity contribution in [2.45, 2.75) is 12.6 Å². The van der Waals surface area contributed by atoms with Crippen molar-refractivity contribution in [3.05, 3.63) is 89.7 Å². The molecule has 0 unspecified atom stereocenters. The number of nitrogens with one attached hydrogen (secondary N) is 1. The van der Waals surface area contributed by atoms with Crippen molar-refractivity contribution in [2.75, 3.05) is 14.2 Å². The minimum absolute atomic E-state index is 0.00157. The van der Waals surface area contributed by atoms with E-state index in [4.69, 9.17) is 9.47 Å². The van der Waals surface area contributed by atoms with Gasteiger partial charge < -0.3 is 14.8 Å². The molecule has 4 heteroatoms. The highest BCUT2D eigenvalue weighted by Gasteiger charge is 2.16. The summed E-state index contributed by atoms with van der Waals surface area (Å²) in [6.45, 7) is 0.635. The summed E-state index contributed by atoms with van der Waals surface area (Å²) in [4.78, 5) is 4.53. The molecule has 0 saturated heterocycles. The highest BCUT2D eigenvalue weighted by atomic mass is 16.5. The van der Waals surface area contributed by atoms with Gasteiger partial charge in [0.15, 0.2) is 11.5 Å². The molecule has 0 fully saturated rings. The molecule has 0 saturated carbocycles. The van der Waals surface area contributed by atoms with Crippen molar-refractivity contribution < 1.29 is 9.47 Å². The van der Waals surface area contributed by atoms with Crippen molar-refractivity contribution in [1.29, 1.82) is 0 Å². The molecule has 0 aliphatic heterocycles. The van der Waals surface area contributed by atoms with Gasteiger partial charge in [0, 0.05) is 18.3 Å². The second-order valence-corrected chi connectivity index (χ2v) is 5.63. The molecule has 25 heavy (non-hydrogen) atoms. The van der Waals surface area contributed by atoms with Crippen LogP contribution in [0.15, 0.2) is 72.9 Å². The summed E-state index contributed by atoms with van der Waals surface area (Å²) in [5.41, 5.74) is 3.19. The van der Waals surface area contributed by atoms with Crippen molar-refractivity contribution in [2.24, 2.45) is 0 Å². The fourth-order valence-corrected chi connectivity index (χ4v) is 2.89. The predicted molar refractivity (Wildman–Crippen MR) is 98.9 cm³/mol. The van der Waals surface area contributed by atoms with E-state index in [2.05, 4.69) is 22.4 Å². The number of ether oxygens (including phenoxy) is 2. The lowest BCUT2D eigenvalue weighted by molar-refractivity contribution is 0.350. The van der Waals surface area contributed by atoms with Gasteiger partial charge in [-0.05, 0) is 23.8 Å². The molecule has 3 aromatic rings. The summed E-state index contributed by atoms with van der Waals surface area (Å²) in [5, 5.41) is 3.60. The lowest BCUT2D eigenvalue weighted by Gasteiger charge is -2.20. The van der Waals surface area contributed by atoms with Gasteiger partial charge in [-0.15, -0.1) is 0 Å². The van der Waals surface area contributed by atoms with Crippen LogP contribution in [0.4, 0.5) is 0 Å². The number of methoxy groups -OCH3 is 2. The monoisotopic (exact) mass is 334 g/mol. The molecule has 1 N–H and O–H groups in total. The van der Waals surface area contributed by atoms with E-state index in [1.165, 1.54) is 5.56 Å². The number of hydrogen-bond acceptors (Lipinski definition) is 4. The Labute approximate surface area is 148 Å². The largest absolute Gasteiger partial charge is 0.493 e. The Morgan fingerprint density at radius 3 is 2.36 bits per heavy atom. The Morgan fingerprint density at radius 1 is 0.880 bits per heavy atom. The number of nitrogens with zero attached hydrogens (tertiary/aromatic N) is 1. The summed E-state index contributed by atoms with van der Waals surface area (Å²) in [5.74, 6) is 1.49. The number of para-hydroxylation sites is 1. The first-order valence-electron chi connectivity index (χ1n) is 8.22. The zero-order chi connectivity index (χ0) is 17.5. The summed E-state index contributed by atoms with van der Waals surface area (Å²) < 4.78 is 10.9. The second-order valence-electron chi connectivity index (χ2n) is 5.63. The number of rotatable bonds is 7. The second kappa shape index (κ2) is 8.31. The van der Waals surface area contributed by atoms with Crippen LogP contribution in [0.2, 0.25) is 0 Å². The van der Waals surface area contributed by atoms with Crippen LogP contribution in [0.5, 0.6) is 11.5 Å². The van der Waals surface area contributed by atoms with Crippen LogP contribution >= 0.6 is 0 Å². The highest BCUT2D eigenvalue weighted by molar-refractivity contribution is 5.46. The third-order valence-electron chi connectivity index (χ3n) is 4.10. The Bertz CT molecular complexity index is 752. The van der Waals surface area contributed by atoms with E-state index >= 15 is 0 Å². The van der Waals surface area contributed by atoms with E-state index in [-0.39, 0.29) is 6.04 Å². The molecule has 0 aliphatic rings. The third kappa shape index (κ3) is 3.98. The smallest absolute Gasteiger partial charge is 0.165 e. The van der Waals surface area contributed by atoms with Crippen LogP contribution in [0.3, 0.4) is 0 Å². The molecule has 1 aromatic heterocycles. The van der Waals surface area contributed by atoms with Gasteiger partial charge in [-0.3, -0.25) is 4.98 Å². The molecule has 0 radical (unpaired) electrons. The fourth-order valence-electron chi connectivity index (χ4n) is 2.89. The van der Waals surface area contributed by atoms with Crippen LogP contribution in [0.1, 0.15) is 22.9 Å². The molecule has 3 rings (SSSR count). The van der Waals surface area contributed by atoms with Crippen molar-refractivity contribution in [1.82, 2.24) is 10.3 Å². The lowest BCUT2D eigenvalue weighted by atomic mass is 10.0. The molecular weight excluding hydrogens is 312 g/mol. The Morgan fingerprint density at radius 2 is 1.68 bits per heavy atom. The molecule has 0 spiro atoms. The van der Waals surface area contributed by atoms with Crippen LogP contribution in [0, 0.1) is 0 Å². The van der Waals surface area contributed by atoms with Crippen LogP contribution in [-0.2, 0) is 6.54 Å². The first-order valence-corrected chi connectivity index (χ1v) is 8.22. The van der Waals surface area contributed by atoms with Gasteiger partial charge in [-0.2, -0.15) is 0 Å². The van der Waals surface area contributed by atoms with Crippen LogP contribution in [0.25, 0.3) is 0 Å². The highest BCUT2D eigenvalue weighted by Crippen LogP contribution is 2.31. The topological polar surface area (TPSA) is 43.4 Å². The van der Waals surface area contributed by atoms with Gasteiger partial charge in [0.1, 0.15) is 0 Å². The van der Waals surface area contributed by atoms with E-state index in [9.17, 15) is 0 Å². The fraction of sp³-hybridized carbons (Fsp3) is 0.190. The number of aromatic nitrogens is 1. The molecule has 1 heterocycles. The maximum atomic E-state index is 5.53. The molecule has 128 valence electrons. The Kier molecular flexibility index (Phi) is 5.65. The van der Waals surface area contributed by atoms with Gasteiger partial charge in [0.05, 0.1) is 26.0 Å². The van der Waals surface area contributed by atoms with Crippen molar-refractivity contribution in [3.63, 3.8) is 0 Å². The Balaban J connectivity index is 1.88. The van der Waals surface area contributed by atoms with E-state index in [1.807, 2.05) is 60.8 Å². The lowest BCUT2D eigenvalue weighted by Crippen LogP contribution is -2.23. The minimum Gasteiger partial charge on any atom is -0.493 e. The molecule has 4 nitrogen and oxygen atoms in total. The first-order chi connectivity index (χ1) is 12.3. The summed E-state index contributed by atoms with van der Waals surface area (Å²) in [7, 11) is 3.31. The van der Waals surface area contributed by atoms with Crippen LogP contribution < -0.4 is 14.8 Å². The predicted octanol–water partition coefficient (Wildman–Crippen LogP) is 3.98. The number of pyridine rings is 1. The van der Waals surface area contributed by atoms with E-state index in [0.717, 1.165) is 22.8 Å². The van der Waals surface area contributed by atoms with Crippen LogP contribution in [-0.4, -0.2) is 19.2 Å². The normalized spacial score (nSPS) is 11.8. The molecular formula is C21H22N2O2. The average molecular weight is 334 g/mol. The molecule has 0 aliphatic carbocycles. The third-order valence-corrected chi connectivity index (χ3v) is 4.10. The van der Waals surface area contributed by atoms with Gasteiger partial charge in [-0.1, -0.05) is 48.5 Å². The summed E-state index contributed by atoms with van der Waals surface area (Å²) in [6, 6.07) is 22.2. The summed E-state index contributed by atoms with van der Waals surface area (Å²) in [6.07, 6.45) is 1.82. The molecule has 0 bridgehead atoms.